The molecule has 0 unspecified atom stereocenters. The molecule has 1 aromatic rings. The van der Waals surface area contributed by atoms with Crippen LogP contribution in [0.5, 0.6) is 11.5 Å². The van der Waals surface area contributed by atoms with E-state index in [1.807, 2.05) is 20.8 Å². The Balaban J connectivity index is 1.71. The van der Waals surface area contributed by atoms with E-state index < -0.39 is 10.8 Å². The van der Waals surface area contributed by atoms with E-state index in [0.717, 1.165) is 25.0 Å². The Morgan fingerprint density at radius 1 is 1.15 bits per heavy atom. The van der Waals surface area contributed by atoms with Gasteiger partial charge in [-0.3, -0.25) is 19.7 Å². The van der Waals surface area contributed by atoms with E-state index in [-0.39, 0.29) is 35.1 Å². The molecule has 1 atom stereocenters. The van der Waals surface area contributed by atoms with Gasteiger partial charge in [0.1, 0.15) is 0 Å². The summed E-state index contributed by atoms with van der Waals surface area (Å²) in [6.07, 6.45) is 3.83. The maximum atomic E-state index is 13.8. The number of amides is 1. The molecule has 1 aromatic carbocycles. The maximum absolute atomic E-state index is 13.8. The van der Waals surface area contributed by atoms with Crippen molar-refractivity contribution in [2.75, 3.05) is 19.9 Å². The lowest BCUT2D eigenvalue weighted by atomic mass is 9.68. The molecule has 34 heavy (non-hydrogen) atoms. The predicted octanol–water partition coefficient (Wildman–Crippen LogP) is 3.94. The summed E-state index contributed by atoms with van der Waals surface area (Å²) in [6, 6.07) is 2.92. The number of nitro benzene ring substituents is 1. The number of carbonyl (C=O) groups excluding carboxylic acids is 2. The third-order valence-corrected chi connectivity index (χ3v) is 7.14. The molecule has 180 valence electrons. The van der Waals surface area contributed by atoms with Gasteiger partial charge in [0.15, 0.2) is 17.3 Å². The Morgan fingerprint density at radius 2 is 1.82 bits per heavy atom. The van der Waals surface area contributed by atoms with Crippen LogP contribution in [0, 0.1) is 15.5 Å². The predicted molar refractivity (Wildman–Crippen MR) is 123 cm³/mol. The number of Topliss-reactive ketones (excluding diaryl/α,β-unsaturated/α-hetero) is 1. The van der Waals surface area contributed by atoms with E-state index in [1.165, 1.54) is 6.07 Å². The molecule has 3 aliphatic heterocycles. The van der Waals surface area contributed by atoms with E-state index in [2.05, 4.69) is 5.32 Å². The number of hydrogen-bond donors (Lipinski definition) is 1. The van der Waals surface area contributed by atoms with E-state index in [1.54, 1.807) is 11.0 Å². The molecule has 1 saturated heterocycles. The number of carbonyl (C=O) groups is 2. The Labute approximate surface area is 197 Å². The van der Waals surface area contributed by atoms with Gasteiger partial charge < -0.3 is 19.7 Å². The smallest absolute Gasteiger partial charge is 0.277 e. The van der Waals surface area contributed by atoms with Crippen molar-refractivity contribution >= 4 is 17.4 Å². The molecule has 1 amide bonds. The minimum atomic E-state index is -0.843. The normalized spacial score (nSPS) is 23.6. The Bertz CT molecular complexity index is 1160. The van der Waals surface area contributed by atoms with Crippen LogP contribution in [0.25, 0.3) is 0 Å². The molecular formula is C25H29N3O6. The van der Waals surface area contributed by atoms with Crippen LogP contribution < -0.4 is 14.8 Å². The molecule has 0 spiro atoms. The number of nitro groups is 1. The van der Waals surface area contributed by atoms with Gasteiger partial charge in [0.2, 0.25) is 6.79 Å². The van der Waals surface area contributed by atoms with Crippen LogP contribution in [-0.2, 0) is 9.59 Å². The van der Waals surface area contributed by atoms with Gasteiger partial charge in [-0.1, -0.05) is 13.8 Å². The molecule has 1 N–H and O–H groups in total. The molecule has 0 bridgehead atoms. The standard InChI is InChI=1S/C25H29N3O6/c1-14-21(24(30)27-7-5-4-6-8-27)22(23-16(26-14)11-25(2,3)12-18(23)29)15-9-19-20(34-13-33-19)10-17(15)28(31)32/h9-10,22,26H,4-8,11-13H2,1-3H3/t22-/m0/s1. The van der Waals surface area contributed by atoms with Gasteiger partial charge in [-0.25, -0.2) is 0 Å². The number of dihydropyridines is 1. The van der Waals surface area contributed by atoms with Crippen LogP contribution in [-0.4, -0.2) is 41.4 Å². The summed E-state index contributed by atoms with van der Waals surface area (Å²) in [7, 11) is 0. The third-order valence-electron chi connectivity index (χ3n) is 7.14. The summed E-state index contributed by atoms with van der Waals surface area (Å²) < 4.78 is 10.9. The number of ether oxygens (including phenoxy) is 2. The first-order valence-corrected chi connectivity index (χ1v) is 11.8. The minimum Gasteiger partial charge on any atom is -0.454 e. The number of nitrogens with one attached hydrogen (secondary N) is 1. The number of benzene rings is 1. The summed E-state index contributed by atoms with van der Waals surface area (Å²) >= 11 is 0. The Kier molecular flexibility index (Phi) is 5.37. The van der Waals surface area contributed by atoms with Crippen LogP contribution in [0.1, 0.15) is 64.4 Å². The van der Waals surface area contributed by atoms with Crippen molar-refractivity contribution < 1.29 is 24.0 Å². The number of fused-ring (bicyclic) bond motifs is 1. The fraction of sp³-hybridized carbons (Fsp3) is 0.520. The van der Waals surface area contributed by atoms with Gasteiger partial charge >= 0.3 is 0 Å². The van der Waals surface area contributed by atoms with Crippen molar-refractivity contribution in [1.82, 2.24) is 10.2 Å². The number of hydrogen-bond acceptors (Lipinski definition) is 7. The van der Waals surface area contributed by atoms with Crippen LogP contribution in [0.3, 0.4) is 0 Å². The minimum absolute atomic E-state index is 0.0301. The van der Waals surface area contributed by atoms with Crippen molar-refractivity contribution in [2.24, 2.45) is 5.41 Å². The summed E-state index contributed by atoms with van der Waals surface area (Å²) in [5, 5.41) is 15.5. The molecule has 5 rings (SSSR count). The lowest BCUT2D eigenvalue weighted by Crippen LogP contribution is -2.43. The SMILES string of the molecule is CC1=C(C(=O)N2CCCCC2)[C@H](c2cc3c(cc2[N+](=O)[O-])OCO3)C2=C(CC(C)(C)CC2=O)N1. The molecular weight excluding hydrogens is 438 g/mol. The Hall–Kier alpha value is -3.36. The van der Waals surface area contributed by atoms with Crippen LogP contribution >= 0.6 is 0 Å². The van der Waals surface area contributed by atoms with Gasteiger partial charge in [0, 0.05) is 47.6 Å². The summed E-state index contributed by atoms with van der Waals surface area (Å²) in [4.78, 5) is 40.8. The van der Waals surface area contributed by atoms with Gasteiger partial charge in [0.05, 0.1) is 16.9 Å². The summed E-state index contributed by atoms with van der Waals surface area (Å²) in [5.74, 6) is -0.436. The second-order valence-corrected chi connectivity index (χ2v) is 10.3. The molecule has 0 aromatic heterocycles. The highest BCUT2D eigenvalue weighted by Gasteiger charge is 2.46. The molecule has 9 nitrogen and oxygen atoms in total. The van der Waals surface area contributed by atoms with Crippen LogP contribution in [0.4, 0.5) is 5.69 Å². The molecule has 0 radical (unpaired) electrons. The number of allylic oxidation sites excluding steroid dienone is 3. The monoisotopic (exact) mass is 467 g/mol. The number of rotatable bonds is 3. The van der Waals surface area contributed by atoms with E-state index in [0.29, 0.717) is 54.3 Å². The fourth-order valence-electron chi connectivity index (χ4n) is 5.63. The van der Waals surface area contributed by atoms with Crippen LogP contribution in [0.15, 0.2) is 34.7 Å². The number of likely N-dealkylation sites (tertiary alicyclic amines) is 1. The van der Waals surface area contributed by atoms with E-state index >= 15 is 0 Å². The van der Waals surface area contributed by atoms with Crippen LogP contribution in [0.2, 0.25) is 0 Å². The topological polar surface area (TPSA) is 111 Å². The average molecular weight is 468 g/mol. The van der Waals surface area contributed by atoms with Gasteiger partial charge in [0.25, 0.3) is 11.6 Å². The zero-order valence-corrected chi connectivity index (χ0v) is 19.7. The van der Waals surface area contributed by atoms with Crippen molar-refractivity contribution in [3.8, 4) is 11.5 Å². The fourth-order valence-corrected chi connectivity index (χ4v) is 5.63. The second kappa shape index (κ2) is 8.14. The van der Waals surface area contributed by atoms with Gasteiger partial charge in [-0.05, 0) is 44.1 Å². The number of piperidine rings is 1. The first-order chi connectivity index (χ1) is 16.2. The highest BCUT2D eigenvalue weighted by molar-refractivity contribution is 6.05. The third kappa shape index (κ3) is 3.73. The van der Waals surface area contributed by atoms with Crippen molar-refractivity contribution in [1.29, 1.82) is 0 Å². The van der Waals surface area contributed by atoms with Gasteiger partial charge in [-0.2, -0.15) is 0 Å². The van der Waals surface area contributed by atoms with Gasteiger partial charge in [-0.15, -0.1) is 0 Å². The number of nitrogens with zero attached hydrogens (tertiary/aromatic N) is 2. The zero-order chi connectivity index (χ0) is 24.2. The second-order valence-electron chi connectivity index (χ2n) is 10.3. The quantitative estimate of drug-likeness (QED) is 0.529. The molecule has 4 aliphatic rings. The molecule has 9 heteroatoms. The highest BCUT2D eigenvalue weighted by Crippen LogP contribution is 2.51. The lowest BCUT2D eigenvalue weighted by molar-refractivity contribution is -0.385. The van der Waals surface area contributed by atoms with Crippen molar-refractivity contribution in [3.05, 3.63) is 50.4 Å². The summed E-state index contributed by atoms with van der Waals surface area (Å²) in [5.41, 5.74) is 2.09. The Morgan fingerprint density at radius 3 is 2.50 bits per heavy atom. The van der Waals surface area contributed by atoms with E-state index in [4.69, 9.17) is 9.47 Å². The largest absolute Gasteiger partial charge is 0.454 e. The molecule has 1 fully saturated rings. The van der Waals surface area contributed by atoms with Crippen molar-refractivity contribution in [2.45, 2.75) is 58.8 Å². The molecule has 1 aliphatic carbocycles. The van der Waals surface area contributed by atoms with E-state index in [9.17, 15) is 19.7 Å². The van der Waals surface area contributed by atoms with Crippen molar-refractivity contribution in [3.63, 3.8) is 0 Å². The maximum Gasteiger partial charge on any atom is 0.277 e. The number of ketones is 1. The first-order valence-electron chi connectivity index (χ1n) is 11.8. The molecule has 3 heterocycles. The average Bonchev–Trinajstić information content (AvgIpc) is 3.24. The molecule has 0 saturated carbocycles. The highest BCUT2D eigenvalue weighted by atomic mass is 16.7. The lowest BCUT2D eigenvalue weighted by Gasteiger charge is -2.40. The zero-order valence-electron chi connectivity index (χ0n) is 19.7. The first kappa shape index (κ1) is 22.4. The summed E-state index contributed by atoms with van der Waals surface area (Å²) in [6.45, 7) is 7.12.